The van der Waals surface area contributed by atoms with E-state index in [0.717, 1.165) is 12.3 Å². The van der Waals surface area contributed by atoms with Crippen LogP contribution in [0.1, 0.15) is 5.56 Å². The van der Waals surface area contributed by atoms with E-state index in [1.54, 1.807) is 24.3 Å². The summed E-state index contributed by atoms with van der Waals surface area (Å²) in [6.07, 6.45) is -3.87. The Morgan fingerprint density at radius 2 is 1.71 bits per heavy atom. The lowest BCUT2D eigenvalue weighted by molar-refractivity contribution is -0.275. The highest BCUT2D eigenvalue weighted by atomic mass is 19.4. The number of alkyl halides is 3. The van der Waals surface area contributed by atoms with Crippen LogP contribution in [0.2, 0.25) is 0 Å². The Morgan fingerprint density at radius 3 is 2.38 bits per heavy atom. The third-order valence-corrected chi connectivity index (χ3v) is 2.39. The molecule has 0 fully saturated rings. The lowest BCUT2D eigenvalue weighted by atomic mass is 10.2. The van der Waals surface area contributed by atoms with Crippen molar-refractivity contribution >= 4 is 11.9 Å². The van der Waals surface area contributed by atoms with E-state index in [9.17, 15) is 17.6 Å². The second kappa shape index (κ2) is 6.25. The van der Waals surface area contributed by atoms with Gasteiger partial charge in [0, 0.05) is 5.56 Å². The number of halogens is 4. The monoisotopic (exact) mass is 298 g/mol. The third-order valence-electron chi connectivity index (χ3n) is 2.39. The molecule has 0 atom stereocenters. The maximum atomic E-state index is 13.8. The van der Waals surface area contributed by atoms with Gasteiger partial charge in [-0.1, -0.05) is 30.3 Å². The maximum absolute atomic E-state index is 13.8. The summed E-state index contributed by atoms with van der Waals surface area (Å²) in [5, 5.41) is 3.76. The summed E-state index contributed by atoms with van der Waals surface area (Å²) in [6.45, 7) is 0. The van der Waals surface area contributed by atoms with Crippen molar-refractivity contribution in [2.24, 2.45) is 5.10 Å². The van der Waals surface area contributed by atoms with Gasteiger partial charge in [-0.25, -0.2) is 4.39 Å². The summed E-state index contributed by atoms with van der Waals surface area (Å²) in [6, 6.07) is 12.3. The summed E-state index contributed by atoms with van der Waals surface area (Å²) in [5.74, 6) is -2.03. The highest BCUT2D eigenvalue weighted by Crippen LogP contribution is 2.26. The molecule has 0 aliphatic heterocycles. The summed E-state index contributed by atoms with van der Waals surface area (Å²) in [7, 11) is 0. The first-order valence-corrected chi connectivity index (χ1v) is 5.84. The zero-order chi connectivity index (χ0) is 15.3. The number of benzene rings is 2. The molecule has 21 heavy (non-hydrogen) atoms. The SMILES string of the molecule is Fc1c(C=NNc2ccccc2)cccc1OC(F)(F)F. The summed E-state index contributed by atoms with van der Waals surface area (Å²) >= 11 is 0. The number of nitrogens with zero attached hydrogens (tertiary/aromatic N) is 1. The van der Waals surface area contributed by atoms with Gasteiger partial charge in [0.2, 0.25) is 0 Å². The van der Waals surface area contributed by atoms with Crippen molar-refractivity contribution in [1.29, 1.82) is 0 Å². The number of nitrogens with one attached hydrogen (secondary N) is 1. The van der Waals surface area contributed by atoms with Gasteiger partial charge < -0.3 is 4.74 Å². The Labute approximate surface area is 117 Å². The Bertz CT molecular complexity index is 627. The average Bonchev–Trinajstić information content (AvgIpc) is 2.43. The average molecular weight is 298 g/mol. The minimum absolute atomic E-state index is 0.125. The van der Waals surface area contributed by atoms with Crippen molar-refractivity contribution < 1.29 is 22.3 Å². The molecule has 0 saturated heterocycles. The molecule has 0 aromatic heterocycles. The fourth-order valence-electron chi connectivity index (χ4n) is 1.52. The molecule has 2 aromatic rings. The van der Waals surface area contributed by atoms with Crippen molar-refractivity contribution in [3.8, 4) is 5.75 Å². The van der Waals surface area contributed by atoms with E-state index in [-0.39, 0.29) is 5.56 Å². The Morgan fingerprint density at radius 1 is 1.00 bits per heavy atom. The van der Waals surface area contributed by atoms with E-state index in [1.807, 2.05) is 6.07 Å². The predicted molar refractivity (Wildman–Crippen MR) is 70.7 cm³/mol. The minimum Gasteiger partial charge on any atom is -0.403 e. The van der Waals surface area contributed by atoms with Crippen molar-refractivity contribution in [2.45, 2.75) is 6.36 Å². The lowest BCUT2D eigenvalue weighted by Crippen LogP contribution is -2.18. The van der Waals surface area contributed by atoms with Gasteiger partial charge in [0.25, 0.3) is 0 Å². The second-order valence-corrected chi connectivity index (χ2v) is 3.94. The number of ether oxygens (including phenoxy) is 1. The molecule has 0 heterocycles. The van der Waals surface area contributed by atoms with Gasteiger partial charge in [-0.15, -0.1) is 13.2 Å². The molecule has 0 spiro atoms. The molecular formula is C14H10F4N2O. The molecule has 0 saturated carbocycles. The van der Waals surface area contributed by atoms with Crippen molar-refractivity contribution in [3.63, 3.8) is 0 Å². The first-order chi connectivity index (χ1) is 9.96. The second-order valence-electron chi connectivity index (χ2n) is 3.94. The van der Waals surface area contributed by atoms with Crippen LogP contribution < -0.4 is 10.2 Å². The van der Waals surface area contributed by atoms with Crippen LogP contribution in [0, 0.1) is 5.82 Å². The van der Waals surface area contributed by atoms with Crippen LogP contribution in [0.5, 0.6) is 5.75 Å². The molecule has 0 radical (unpaired) electrons. The standard InChI is InChI=1S/C14H10F4N2O/c15-13-10(5-4-8-12(13)21-14(16,17)18)9-19-20-11-6-2-1-3-7-11/h1-9,20H. The van der Waals surface area contributed by atoms with E-state index >= 15 is 0 Å². The smallest absolute Gasteiger partial charge is 0.403 e. The number of hydrogen-bond acceptors (Lipinski definition) is 3. The molecule has 110 valence electrons. The van der Waals surface area contributed by atoms with E-state index < -0.39 is 17.9 Å². The van der Waals surface area contributed by atoms with Crippen molar-refractivity contribution in [3.05, 3.63) is 59.9 Å². The lowest BCUT2D eigenvalue weighted by Gasteiger charge is -2.10. The fourth-order valence-corrected chi connectivity index (χ4v) is 1.52. The van der Waals surface area contributed by atoms with Gasteiger partial charge in [-0.05, 0) is 18.2 Å². The van der Waals surface area contributed by atoms with Crippen LogP contribution in [0.3, 0.4) is 0 Å². The summed E-state index contributed by atoms with van der Waals surface area (Å²) in [4.78, 5) is 0. The van der Waals surface area contributed by atoms with Gasteiger partial charge in [0.1, 0.15) is 0 Å². The van der Waals surface area contributed by atoms with Gasteiger partial charge in [-0.2, -0.15) is 5.10 Å². The van der Waals surface area contributed by atoms with Gasteiger partial charge in [-0.3, -0.25) is 5.43 Å². The molecule has 0 unspecified atom stereocenters. The normalized spacial score (nSPS) is 11.6. The number of rotatable bonds is 4. The molecule has 0 aliphatic rings. The predicted octanol–water partition coefficient (Wildman–Crippen LogP) is 4.17. The van der Waals surface area contributed by atoms with Crippen LogP contribution in [0.15, 0.2) is 53.6 Å². The first-order valence-electron chi connectivity index (χ1n) is 5.84. The zero-order valence-corrected chi connectivity index (χ0v) is 10.6. The molecule has 3 nitrogen and oxygen atoms in total. The first kappa shape index (κ1) is 14.8. The fraction of sp³-hybridized carbons (Fsp3) is 0.0714. The zero-order valence-electron chi connectivity index (χ0n) is 10.6. The number of hydrogen-bond donors (Lipinski definition) is 1. The van der Waals surface area contributed by atoms with E-state index in [2.05, 4.69) is 15.3 Å². The van der Waals surface area contributed by atoms with Gasteiger partial charge in [0.05, 0.1) is 11.9 Å². The van der Waals surface area contributed by atoms with Crippen molar-refractivity contribution in [2.75, 3.05) is 5.43 Å². The number of para-hydroxylation sites is 1. The van der Waals surface area contributed by atoms with E-state index in [4.69, 9.17) is 0 Å². The Balaban J connectivity index is 2.12. The third kappa shape index (κ3) is 4.48. The van der Waals surface area contributed by atoms with Crippen LogP contribution in [0.25, 0.3) is 0 Å². The van der Waals surface area contributed by atoms with Gasteiger partial charge in [0.15, 0.2) is 11.6 Å². The Hall–Kier alpha value is -2.57. The number of hydrazone groups is 1. The van der Waals surface area contributed by atoms with Crippen LogP contribution in [-0.2, 0) is 0 Å². The summed E-state index contributed by atoms with van der Waals surface area (Å²) in [5.41, 5.74) is 3.17. The minimum atomic E-state index is -4.95. The Kier molecular flexibility index (Phi) is 4.42. The molecule has 7 heteroatoms. The molecule has 2 rings (SSSR count). The van der Waals surface area contributed by atoms with E-state index in [0.29, 0.717) is 5.69 Å². The number of anilines is 1. The van der Waals surface area contributed by atoms with Crippen LogP contribution in [0.4, 0.5) is 23.2 Å². The molecule has 0 bridgehead atoms. The molecular weight excluding hydrogens is 288 g/mol. The summed E-state index contributed by atoms with van der Waals surface area (Å²) < 4.78 is 53.6. The quantitative estimate of drug-likeness (QED) is 0.522. The van der Waals surface area contributed by atoms with Crippen LogP contribution >= 0.6 is 0 Å². The van der Waals surface area contributed by atoms with Gasteiger partial charge >= 0.3 is 6.36 Å². The molecule has 2 aromatic carbocycles. The highest BCUT2D eigenvalue weighted by Gasteiger charge is 2.32. The topological polar surface area (TPSA) is 33.6 Å². The van der Waals surface area contributed by atoms with Crippen LogP contribution in [-0.4, -0.2) is 12.6 Å². The molecule has 0 amide bonds. The van der Waals surface area contributed by atoms with E-state index in [1.165, 1.54) is 12.1 Å². The van der Waals surface area contributed by atoms with Crippen molar-refractivity contribution in [1.82, 2.24) is 0 Å². The maximum Gasteiger partial charge on any atom is 0.573 e. The molecule has 0 aliphatic carbocycles. The largest absolute Gasteiger partial charge is 0.573 e. The molecule has 1 N–H and O–H groups in total. The highest BCUT2D eigenvalue weighted by molar-refractivity contribution is 5.81.